The van der Waals surface area contributed by atoms with Gasteiger partial charge in [0.2, 0.25) is 10.0 Å². The first-order chi connectivity index (χ1) is 8.48. The van der Waals surface area contributed by atoms with Gasteiger partial charge in [-0.05, 0) is 31.2 Å². The molecule has 0 unspecified atom stereocenters. The van der Waals surface area contributed by atoms with Crippen molar-refractivity contribution in [2.24, 2.45) is 0 Å². The molecule has 0 aromatic heterocycles. The number of carbonyl (C=O) groups is 1. The van der Waals surface area contributed by atoms with Gasteiger partial charge in [0.25, 0.3) is 0 Å². The summed E-state index contributed by atoms with van der Waals surface area (Å²) in [5.41, 5.74) is 1.61. The first-order valence-electron chi connectivity index (χ1n) is 5.81. The van der Waals surface area contributed by atoms with E-state index in [0.717, 1.165) is 5.69 Å². The van der Waals surface area contributed by atoms with Crippen LogP contribution in [0.5, 0.6) is 0 Å². The molecule has 1 aliphatic rings. The third-order valence-electron chi connectivity index (χ3n) is 2.97. The SMILES string of the molecule is CC(=O)c1ccc(N2CCNS(=O)(=O)CC2)cc1. The molecule has 1 aromatic carbocycles. The Morgan fingerprint density at radius 2 is 1.89 bits per heavy atom. The fourth-order valence-electron chi connectivity index (χ4n) is 1.92. The summed E-state index contributed by atoms with van der Waals surface area (Å²) >= 11 is 0. The van der Waals surface area contributed by atoms with Crippen LogP contribution in [0.2, 0.25) is 0 Å². The summed E-state index contributed by atoms with van der Waals surface area (Å²) in [6, 6.07) is 7.25. The Bertz CT molecular complexity index is 537. The van der Waals surface area contributed by atoms with Gasteiger partial charge in [-0.25, -0.2) is 13.1 Å². The van der Waals surface area contributed by atoms with Crippen molar-refractivity contribution in [3.63, 3.8) is 0 Å². The molecule has 0 spiro atoms. The highest BCUT2D eigenvalue weighted by Crippen LogP contribution is 2.16. The third kappa shape index (κ3) is 3.08. The molecule has 0 aliphatic carbocycles. The van der Waals surface area contributed by atoms with Crippen molar-refractivity contribution in [3.8, 4) is 0 Å². The number of benzene rings is 1. The Hall–Kier alpha value is -1.40. The summed E-state index contributed by atoms with van der Waals surface area (Å²) in [6.07, 6.45) is 0. The summed E-state index contributed by atoms with van der Waals surface area (Å²) in [4.78, 5) is 13.2. The standard InChI is InChI=1S/C12H16N2O3S/c1-10(15)11-2-4-12(5-3-11)14-7-6-13-18(16,17)9-8-14/h2-5,13H,6-9H2,1H3. The lowest BCUT2D eigenvalue weighted by Gasteiger charge is -2.21. The van der Waals surface area contributed by atoms with Crippen LogP contribution >= 0.6 is 0 Å². The maximum atomic E-state index is 11.4. The van der Waals surface area contributed by atoms with E-state index in [-0.39, 0.29) is 11.5 Å². The number of carbonyl (C=O) groups excluding carboxylic acids is 1. The summed E-state index contributed by atoms with van der Waals surface area (Å²) in [5.74, 6) is 0.128. The highest BCUT2D eigenvalue weighted by atomic mass is 32.2. The van der Waals surface area contributed by atoms with E-state index in [2.05, 4.69) is 4.72 Å². The van der Waals surface area contributed by atoms with E-state index in [4.69, 9.17) is 0 Å². The molecule has 0 radical (unpaired) electrons. The molecule has 6 heteroatoms. The van der Waals surface area contributed by atoms with Gasteiger partial charge in [0.05, 0.1) is 5.75 Å². The zero-order valence-corrected chi connectivity index (χ0v) is 11.0. The van der Waals surface area contributed by atoms with Gasteiger partial charge in [0.15, 0.2) is 5.78 Å². The molecular weight excluding hydrogens is 252 g/mol. The van der Waals surface area contributed by atoms with Crippen molar-refractivity contribution in [1.82, 2.24) is 4.72 Å². The highest BCUT2D eigenvalue weighted by molar-refractivity contribution is 7.89. The van der Waals surface area contributed by atoms with Crippen molar-refractivity contribution in [3.05, 3.63) is 29.8 Å². The first kappa shape index (κ1) is 13.0. The van der Waals surface area contributed by atoms with Crippen LogP contribution in [0, 0.1) is 0 Å². The van der Waals surface area contributed by atoms with Crippen LogP contribution in [0.4, 0.5) is 5.69 Å². The summed E-state index contributed by atoms with van der Waals surface area (Å²) in [6.45, 7) is 3.04. The van der Waals surface area contributed by atoms with E-state index in [1.165, 1.54) is 6.92 Å². The second-order valence-electron chi connectivity index (χ2n) is 4.30. The van der Waals surface area contributed by atoms with Crippen LogP contribution < -0.4 is 9.62 Å². The van der Waals surface area contributed by atoms with Crippen molar-refractivity contribution in [1.29, 1.82) is 0 Å². The Morgan fingerprint density at radius 3 is 2.50 bits per heavy atom. The zero-order chi connectivity index (χ0) is 13.2. The van der Waals surface area contributed by atoms with Gasteiger partial charge in [-0.3, -0.25) is 4.79 Å². The molecule has 0 atom stereocenters. The molecule has 5 nitrogen and oxygen atoms in total. The van der Waals surface area contributed by atoms with Crippen LogP contribution in [-0.4, -0.2) is 39.6 Å². The van der Waals surface area contributed by atoms with Gasteiger partial charge < -0.3 is 4.90 Å². The minimum Gasteiger partial charge on any atom is -0.369 e. The Labute approximate surface area is 107 Å². The second-order valence-corrected chi connectivity index (χ2v) is 6.23. The van der Waals surface area contributed by atoms with Gasteiger partial charge in [0, 0.05) is 30.9 Å². The molecule has 0 amide bonds. The lowest BCUT2D eigenvalue weighted by Crippen LogP contribution is -2.28. The number of anilines is 1. The Balaban J connectivity index is 2.14. The van der Waals surface area contributed by atoms with Crippen LogP contribution in [-0.2, 0) is 10.0 Å². The van der Waals surface area contributed by atoms with Crippen LogP contribution in [0.3, 0.4) is 0 Å². The maximum Gasteiger partial charge on any atom is 0.213 e. The van der Waals surface area contributed by atoms with E-state index in [0.29, 0.717) is 25.2 Å². The average molecular weight is 268 g/mol. The predicted molar refractivity (Wildman–Crippen MR) is 70.4 cm³/mol. The number of nitrogens with zero attached hydrogens (tertiary/aromatic N) is 1. The van der Waals surface area contributed by atoms with Gasteiger partial charge in [-0.15, -0.1) is 0 Å². The monoisotopic (exact) mass is 268 g/mol. The molecule has 2 rings (SSSR count). The first-order valence-corrected chi connectivity index (χ1v) is 7.46. The number of hydrogen-bond donors (Lipinski definition) is 1. The third-order valence-corrected chi connectivity index (χ3v) is 4.34. The molecule has 1 aromatic rings. The van der Waals surface area contributed by atoms with E-state index in [1.54, 1.807) is 12.1 Å². The van der Waals surface area contributed by atoms with Gasteiger partial charge in [0.1, 0.15) is 0 Å². The molecule has 1 fully saturated rings. The minimum atomic E-state index is -3.13. The summed E-state index contributed by atoms with van der Waals surface area (Å²) in [7, 11) is -3.13. The van der Waals surface area contributed by atoms with Crippen LogP contribution in [0.25, 0.3) is 0 Å². The highest BCUT2D eigenvalue weighted by Gasteiger charge is 2.18. The fraction of sp³-hybridized carbons (Fsp3) is 0.417. The molecule has 1 N–H and O–H groups in total. The van der Waals surface area contributed by atoms with E-state index >= 15 is 0 Å². The lowest BCUT2D eigenvalue weighted by atomic mass is 10.1. The Kier molecular flexibility index (Phi) is 3.68. The van der Waals surface area contributed by atoms with E-state index < -0.39 is 10.0 Å². The number of hydrogen-bond acceptors (Lipinski definition) is 4. The molecule has 18 heavy (non-hydrogen) atoms. The number of ketones is 1. The van der Waals surface area contributed by atoms with Crippen molar-refractivity contribution < 1.29 is 13.2 Å². The van der Waals surface area contributed by atoms with E-state index in [9.17, 15) is 13.2 Å². The Morgan fingerprint density at radius 1 is 1.22 bits per heavy atom. The molecule has 1 heterocycles. The van der Waals surface area contributed by atoms with Gasteiger partial charge >= 0.3 is 0 Å². The van der Waals surface area contributed by atoms with Crippen molar-refractivity contribution in [2.45, 2.75) is 6.92 Å². The largest absolute Gasteiger partial charge is 0.369 e. The normalized spacial score (nSPS) is 19.3. The topological polar surface area (TPSA) is 66.5 Å². The average Bonchev–Trinajstić information content (AvgIpc) is 2.50. The van der Waals surface area contributed by atoms with Crippen LogP contribution in [0.15, 0.2) is 24.3 Å². The molecule has 0 saturated carbocycles. The molecule has 98 valence electrons. The molecular formula is C12H16N2O3S. The van der Waals surface area contributed by atoms with Crippen molar-refractivity contribution in [2.75, 3.05) is 30.3 Å². The van der Waals surface area contributed by atoms with Crippen molar-refractivity contribution >= 4 is 21.5 Å². The predicted octanol–water partition coefficient (Wildman–Crippen LogP) is 0.629. The number of rotatable bonds is 2. The lowest BCUT2D eigenvalue weighted by molar-refractivity contribution is 0.101. The van der Waals surface area contributed by atoms with Gasteiger partial charge in [-0.2, -0.15) is 0 Å². The second kappa shape index (κ2) is 5.07. The maximum absolute atomic E-state index is 11.4. The molecule has 1 aliphatic heterocycles. The fourth-order valence-corrected chi connectivity index (χ4v) is 2.92. The molecule has 0 bridgehead atoms. The minimum absolute atomic E-state index is 0.0293. The zero-order valence-electron chi connectivity index (χ0n) is 10.2. The molecule has 1 saturated heterocycles. The number of Topliss-reactive ketones (excluding diaryl/α,β-unsaturated/α-hetero) is 1. The van der Waals surface area contributed by atoms with E-state index in [1.807, 2.05) is 17.0 Å². The van der Waals surface area contributed by atoms with Gasteiger partial charge in [-0.1, -0.05) is 0 Å². The van der Waals surface area contributed by atoms with Crippen LogP contribution in [0.1, 0.15) is 17.3 Å². The smallest absolute Gasteiger partial charge is 0.213 e. The number of nitrogens with one attached hydrogen (secondary N) is 1. The quantitative estimate of drug-likeness (QED) is 0.799. The summed E-state index contributed by atoms with van der Waals surface area (Å²) in [5, 5.41) is 0. The summed E-state index contributed by atoms with van der Waals surface area (Å²) < 4.78 is 25.3. The number of sulfonamides is 1.